The highest BCUT2D eigenvalue weighted by Gasteiger charge is 2.47. The fourth-order valence-corrected chi connectivity index (χ4v) is 1.81. The summed E-state index contributed by atoms with van der Waals surface area (Å²) in [4.78, 5) is 13.6. The van der Waals surface area contributed by atoms with Gasteiger partial charge < -0.3 is 10.6 Å². The molecule has 0 aliphatic heterocycles. The Kier molecular flexibility index (Phi) is 2.86. The SMILES string of the molecule is CN(Cc1cccc(C#N)c1)C(=O)C1(N)CC1. The normalized spacial score (nSPS) is 16.1. The molecule has 4 nitrogen and oxygen atoms in total. The standard InChI is InChI=1S/C13H15N3O/c1-16(12(17)13(15)5-6-13)9-11-4-2-3-10(7-11)8-14/h2-4,7H,5-6,9,15H2,1H3. The van der Waals surface area contributed by atoms with Crippen molar-refractivity contribution in [2.75, 3.05) is 7.05 Å². The number of likely N-dealkylation sites (N-methyl/N-ethyl adjacent to an activating group) is 1. The van der Waals surface area contributed by atoms with Gasteiger partial charge in [0.15, 0.2) is 0 Å². The zero-order valence-electron chi connectivity index (χ0n) is 9.81. The van der Waals surface area contributed by atoms with Crippen LogP contribution in [0.4, 0.5) is 0 Å². The Morgan fingerprint density at radius 3 is 2.88 bits per heavy atom. The minimum atomic E-state index is -0.623. The van der Waals surface area contributed by atoms with Crippen molar-refractivity contribution in [1.29, 1.82) is 5.26 Å². The molecule has 0 atom stereocenters. The Hall–Kier alpha value is -1.86. The average molecular weight is 229 g/mol. The monoisotopic (exact) mass is 229 g/mol. The number of nitriles is 1. The predicted octanol–water partition coefficient (Wildman–Crippen LogP) is 1.01. The molecule has 0 radical (unpaired) electrons. The van der Waals surface area contributed by atoms with E-state index in [0.29, 0.717) is 12.1 Å². The molecule has 1 aromatic rings. The largest absolute Gasteiger partial charge is 0.340 e. The van der Waals surface area contributed by atoms with E-state index in [1.54, 1.807) is 24.1 Å². The van der Waals surface area contributed by atoms with Gasteiger partial charge in [-0.15, -0.1) is 0 Å². The van der Waals surface area contributed by atoms with Crippen LogP contribution in [0.1, 0.15) is 24.0 Å². The summed E-state index contributed by atoms with van der Waals surface area (Å²) in [5.74, 6) is -0.0140. The van der Waals surface area contributed by atoms with Gasteiger partial charge in [0.1, 0.15) is 0 Å². The van der Waals surface area contributed by atoms with Crippen LogP contribution in [0.2, 0.25) is 0 Å². The van der Waals surface area contributed by atoms with Gasteiger partial charge in [-0.2, -0.15) is 5.26 Å². The second-order valence-electron chi connectivity index (χ2n) is 4.63. The van der Waals surface area contributed by atoms with Crippen molar-refractivity contribution >= 4 is 5.91 Å². The highest BCUT2D eigenvalue weighted by atomic mass is 16.2. The smallest absolute Gasteiger partial charge is 0.242 e. The molecule has 0 aromatic heterocycles. The molecule has 0 spiro atoms. The maximum absolute atomic E-state index is 11.9. The molecule has 2 N–H and O–H groups in total. The van der Waals surface area contributed by atoms with Crippen molar-refractivity contribution in [3.8, 4) is 6.07 Å². The highest BCUT2D eigenvalue weighted by Crippen LogP contribution is 2.34. The third-order valence-electron chi connectivity index (χ3n) is 3.04. The van der Waals surface area contributed by atoms with E-state index in [1.165, 1.54) is 0 Å². The van der Waals surface area contributed by atoms with Gasteiger partial charge in [-0.25, -0.2) is 0 Å². The zero-order valence-corrected chi connectivity index (χ0v) is 9.81. The Bertz CT molecular complexity index is 486. The van der Waals surface area contributed by atoms with E-state index < -0.39 is 5.54 Å². The van der Waals surface area contributed by atoms with E-state index in [0.717, 1.165) is 18.4 Å². The minimum Gasteiger partial charge on any atom is -0.340 e. The second-order valence-corrected chi connectivity index (χ2v) is 4.63. The van der Waals surface area contributed by atoms with Gasteiger partial charge in [0.05, 0.1) is 17.2 Å². The van der Waals surface area contributed by atoms with E-state index in [2.05, 4.69) is 6.07 Å². The van der Waals surface area contributed by atoms with Crippen molar-refractivity contribution in [3.05, 3.63) is 35.4 Å². The Morgan fingerprint density at radius 2 is 2.29 bits per heavy atom. The molecule has 1 amide bonds. The number of nitrogens with two attached hydrogens (primary N) is 1. The quantitative estimate of drug-likeness (QED) is 0.840. The predicted molar refractivity (Wildman–Crippen MR) is 63.8 cm³/mol. The van der Waals surface area contributed by atoms with E-state index in [-0.39, 0.29) is 5.91 Å². The molecule has 1 saturated carbocycles. The van der Waals surface area contributed by atoms with Gasteiger partial charge in [-0.3, -0.25) is 4.79 Å². The molecular formula is C13H15N3O. The molecule has 0 saturated heterocycles. The first kappa shape index (κ1) is 11.6. The van der Waals surface area contributed by atoms with E-state index in [1.807, 2.05) is 12.1 Å². The van der Waals surface area contributed by atoms with Crippen LogP contribution in [-0.4, -0.2) is 23.4 Å². The average Bonchev–Trinajstić information content (AvgIpc) is 3.08. The number of carbonyl (C=O) groups is 1. The van der Waals surface area contributed by atoms with Gasteiger partial charge in [-0.1, -0.05) is 12.1 Å². The zero-order chi connectivity index (χ0) is 12.5. The van der Waals surface area contributed by atoms with Crippen molar-refractivity contribution in [3.63, 3.8) is 0 Å². The molecule has 4 heteroatoms. The Morgan fingerprint density at radius 1 is 1.59 bits per heavy atom. The topological polar surface area (TPSA) is 70.1 Å². The van der Waals surface area contributed by atoms with Crippen LogP contribution in [0, 0.1) is 11.3 Å². The molecule has 1 fully saturated rings. The summed E-state index contributed by atoms with van der Waals surface area (Å²) in [5, 5.41) is 8.79. The van der Waals surface area contributed by atoms with Gasteiger partial charge in [0.2, 0.25) is 5.91 Å². The molecule has 0 bridgehead atoms. The van der Waals surface area contributed by atoms with E-state index in [4.69, 9.17) is 11.0 Å². The fourth-order valence-electron chi connectivity index (χ4n) is 1.81. The molecule has 88 valence electrons. The van der Waals surface area contributed by atoms with Gasteiger partial charge in [0.25, 0.3) is 0 Å². The summed E-state index contributed by atoms with van der Waals surface area (Å²) in [7, 11) is 1.74. The lowest BCUT2D eigenvalue weighted by atomic mass is 10.1. The third kappa shape index (κ3) is 2.45. The summed E-state index contributed by atoms with van der Waals surface area (Å²) in [5.41, 5.74) is 6.79. The molecule has 1 aliphatic rings. The molecule has 0 unspecified atom stereocenters. The number of nitrogens with zero attached hydrogens (tertiary/aromatic N) is 2. The Balaban J connectivity index is 2.05. The summed E-state index contributed by atoms with van der Waals surface area (Å²) >= 11 is 0. The fraction of sp³-hybridized carbons (Fsp3) is 0.385. The van der Waals surface area contributed by atoms with Gasteiger partial charge >= 0.3 is 0 Å². The van der Waals surface area contributed by atoms with Crippen molar-refractivity contribution in [2.45, 2.75) is 24.9 Å². The molecule has 1 aromatic carbocycles. The second kappa shape index (κ2) is 4.19. The number of amides is 1. The summed E-state index contributed by atoms with van der Waals surface area (Å²) in [6.07, 6.45) is 1.54. The molecule has 1 aliphatic carbocycles. The van der Waals surface area contributed by atoms with Crippen LogP contribution in [0.15, 0.2) is 24.3 Å². The molecule has 17 heavy (non-hydrogen) atoms. The summed E-state index contributed by atoms with van der Waals surface area (Å²) in [6, 6.07) is 9.35. The van der Waals surface area contributed by atoms with Crippen LogP contribution in [0.25, 0.3) is 0 Å². The first-order chi connectivity index (χ1) is 8.05. The maximum atomic E-state index is 11.9. The number of carbonyl (C=O) groups excluding carboxylic acids is 1. The highest BCUT2D eigenvalue weighted by molar-refractivity contribution is 5.88. The number of hydrogen-bond acceptors (Lipinski definition) is 3. The van der Waals surface area contributed by atoms with Gasteiger partial charge in [0, 0.05) is 13.6 Å². The van der Waals surface area contributed by atoms with Gasteiger partial charge in [-0.05, 0) is 30.5 Å². The van der Waals surface area contributed by atoms with Crippen LogP contribution in [0.3, 0.4) is 0 Å². The number of hydrogen-bond donors (Lipinski definition) is 1. The third-order valence-corrected chi connectivity index (χ3v) is 3.04. The molecular weight excluding hydrogens is 214 g/mol. The van der Waals surface area contributed by atoms with Crippen molar-refractivity contribution < 1.29 is 4.79 Å². The Labute approximate surface area is 101 Å². The lowest BCUT2D eigenvalue weighted by molar-refractivity contribution is -0.132. The summed E-state index contributed by atoms with van der Waals surface area (Å²) < 4.78 is 0. The van der Waals surface area contributed by atoms with Crippen LogP contribution < -0.4 is 5.73 Å². The molecule has 2 rings (SSSR count). The van der Waals surface area contributed by atoms with Crippen molar-refractivity contribution in [1.82, 2.24) is 4.90 Å². The lowest BCUT2D eigenvalue weighted by Gasteiger charge is -2.21. The van der Waals surface area contributed by atoms with Crippen LogP contribution in [-0.2, 0) is 11.3 Å². The van der Waals surface area contributed by atoms with Crippen molar-refractivity contribution in [2.24, 2.45) is 5.73 Å². The first-order valence-electron chi connectivity index (χ1n) is 5.59. The lowest BCUT2D eigenvalue weighted by Crippen LogP contribution is -2.43. The van der Waals surface area contributed by atoms with Crippen LogP contribution >= 0.6 is 0 Å². The van der Waals surface area contributed by atoms with E-state index in [9.17, 15) is 4.79 Å². The maximum Gasteiger partial charge on any atom is 0.242 e. The van der Waals surface area contributed by atoms with E-state index >= 15 is 0 Å². The number of benzene rings is 1. The summed E-state index contributed by atoms with van der Waals surface area (Å²) in [6.45, 7) is 0.493. The number of rotatable bonds is 3. The minimum absolute atomic E-state index is 0.0140. The first-order valence-corrected chi connectivity index (χ1v) is 5.59. The molecule has 0 heterocycles. The van der Waals surface area contributed by atoms with Crippen LogP contribution in [0.5, 0.6) is 0 Å².